The number of rotatable bonds is 6. The molecule has 1 atom stereocenters. The molecule has 0 fully saturated rings. The van der Waals surface area contributed by atoms with Gasteiger partial charge in [0.1, 0.15) is 23.1 Å². The fraction of sp³-hybridized carbons (Fsp3) is 0.381. The lowest BCUT2D eigenvalue weighted by Crippen LogP contribution is -2.87. The first-order valence-corrected chi connectivity index (χ1v) is 9.24. The van der Waals surface area contributed by atoms with Crippen LogP contribution in [0.5, 0.6) is 28.7 Å². The summed E-state index contributed by atoms with van der Waals surface area (Å²) < 4.78 is 27.6. The van der Waals surface area contributed by atoms with Crippen LogP contribution in [-0.2, 0) is 6.42 Å². The first-order valence-electron chi connectivity index (χ1n) is 9.24. The molecule has 0 bridgehead atoms. The maximum absolute atomic E-state index is 13.2. The van der Waals surface area contributed by atoms with Crippen molar-refractivity contribution in [2.45, 2.75) is 18.9 Å². The van der Waals surface area contributed by atoms with Gasteiger partial charge in [-0.25, -0.2) is 0 Å². The lowest BCUT2D eigenvalue weighted by atomic mass is 9.88. The number of hydrogen-bond acceptors (Lipinski definition) is 6. The topological polar surface area (TPSA) is 79.8 Å². The van der Waals surface area contributed by atoms with E-state index in [1.54, 1.807) is 39.5 Å². The molecule has 0 aliphatic carbocycles. The molecule has 2 N–H and O–H groups in total. The molecule has 0 saturated heterocycles. The average Bonchev–Trinajstić information content (AvgIpc) is 3.19. The first kappa shape index (κ1) is 18.4. The van der Waals surface area contributed by atoms with Crippen molar-refractivity contribution in [2.24, 2.45) is 0 Å². The Morgan fingerprint density at radius 2 is 1.89 bits per heavy atom. The molecule has 1 unspecified atom stereocenters. The molecular weight excluding hydrogens is 362 g/mol. The van der Waals surface area contributed by atoms with Crippen molar-refractivity contribution < 1.29 is 33.8 Å². The predicted octanol–water partition coefficient (Wildman–Crippen LogP) is 1.87. The van der Waals surface area contributed by atoms with E-state index in [4.69, 9.17) is 23.7 Å². The van der Waals surface area contributed by atoms with Crippen molar-refractivity contribution in [3.8, 4) is 28.7 Å². The summed E-state index contributed by atoms with van der Waals surface area (Å²) in [7, 11) is 4.73. The van der Waals surface area contributed by atoms with Gasteiger partial charge >= 0.3 is 0 Å². The van der Waals surface area contributed by atoms with E-state index in [-0.39, 0.29) is 18.6 Å². The summed E-state index contributed by atoms with van der Waals surface area (Å²) in [4.78, 5) is 13.2. The van der Waals surface area contributed by atoms with Crippen LogP contribution in [0.3, 0.4) is 0 Å². The monoisotopic (exact) mass is 386 g/mol. The van der Waals surface area contributed by atoms with Crippen LogP contribution in [0.15, 0.2) is 24.3 Å². The van der Waals surface area contributed by atoms with Gasteiger partial charge in [0.2, 0.25) is 12.5 Å². The van der Waals surface area contributed by atoms with E-state index in [9.17, 15) is 4.79 Å². The summed E-state index contributed by atoms with van der Waals surface area (Å²) in [5, 5.41) is 2.17. The third kappa shape index (κ3) is 3.01. The molecule has 0 spiro atoms. The second-order valence-electron chi connectivity index (χ2n) is 6.76. The third-order valence-electron chi connectivity index (χ3n) is 5.30. The van der Waals surface area contributed by atoms with Gasteiger partial charge in [-0.15, -0.1) is 0 Å². The third-order valence-corrected chi connectivity index (χ3v) is 5.30. The Morgan fingerprint density at radius 1 is 1.14 bits per heavy atom. The molecule has 4 rings (SSSR count). The van der Waals surface area contributed by atoms with Crippen LogP contribution < -0.4 is 29.0 Å². The van der Waals surface area contributed by atoms with Crippen LogP contribution in [-0.4, -0.2) is 40.5 Å². The lowest BCUT2D eigenvalue weighted by Gasteiger charge is -2.26. The number of Topliss-reactive ketones (excluding diaryl/α,β-unsaturated/α-hetero) is 1. The second kappa shape index (κ2) is 7.59. The highest BCUT2D eigenvalue weighted by atomic mass is 16.7. The molecule has 2 aromatic carbocycles. The summed E-state index contributed by atoms with van der Waals surface area (Å²) in [6, 6.07) is 7.27. The Morgan fingerprint density at radius 3 is 2.57 bits per heavy atom. The minimum absolute atomic E-state index is 0.0388. The number of hydrogen-bond donors (Lipinski definition) is 1. The molecule has 2 heterocycles. The van der Waals surface area contributed by atoms with Gasteiger partial charge in [-0.2, -0.15) is 0 Å². The van der Waals surface area contributed by atoms with Gasteiger partial charge in [-0.3, -0.25) is 4.79 Å². The zero-order chi connectivity index (χ0) is 19.7. The molecule has 0 aromatic heterocycles. The van der Waals surface area contributed by atoms with Gasteiger partial charge in [0.15, 0.2) is 17.3 Å². The maximum atomic E-state index is 13.2. The summed E-state index contributed by atoms with van der Waals surface area (Å²) in [5.41, 5.74) is 2.60. The van der Waals surface area contributed by atoms with Crippen molar-refractivity contribution in [3.63, 3.8) is 0 Å². The minimum Gasteiger partial charge on any atom is -0.496 e. The van der Waals surface area contributed by atoms with Gasteiger partial charge in [0, 0.05) is 6.42 Å². The quantitative estimate of drug-likeness (QED) is 0.764. The zero-order valence-corrected chi connectivity index (χ0v) is 16.2. The number of methoxy groups -OCH3 is 3. The standard InChI is InChI=1S/C21H23NO6/c1-24-15-5-4-6-16(25-2)19(15)14(23)10-13-18-12(7-8-22-13)9-17-20(21(18)26-3)28-11-27-17/h4-6,9,13,22H,7-8,10-11H2,1-3H3/p+1. The van der Waals surface area contributed by atoms with E-state index in [2.05, 4.69) is 5.32 Å². The van der Waals surface area contributed by atoms with Gasteiger partial charge in [-0.1, -0.05) is 6.07 Å². The number of ether oxygens (including phenoxy) is 5. The second-order valence-corrected chi connectivity index (χ2v) is 6.76. The normalized spacial score (nSPS) is 17.0. The predicted molar refractivity (Wildman–Crippen MR) is 101 cm³/mol. The molecule has 2 aliphatic heterocycles. The van der Waals surface area contributed by atoms with Crippen LogP contribution >= 0.6 is 0 Å². The Hall–Kier alpha value is -2.93. The van der Waals surface area contributed by atoms with Crippen molar-refractivity contribution in [1.29, 1.82) is 0 Å². The highest BCUT2D eigenvalue weighted by molar-refractivity contribution is 6.01. The molecule has 0 amide bonds. The Bertz CT molecular complexity index is 888. The Kier molecular flexibility index (Phi) is 5.00. The fourth-order valence-corrected chi connectivity index (χ4v) is 4.06. The van der Waals surface area contributed by atoms with E-state index in [1.165, 1.54) is 0 Å². The zero-order valence-electron chi connectivity index (χ0n) is 16.2. The number of carbonyl (C=O) groups excluding carboxylic acids is 1. The number of carbonyl (C=O) groups is 1. The molecule has 7 nitrogen and oxygen atoms in total. The van der Waals surface area contributed by atoms with Crippen molar-refractivity contribution in [2.75, 3.05) is 34.7 Å². The molecule has 2 aliphatic rings. The Labute approximate surface area is 163 Å². The Balaban J connectivity index is 1.71. The largest absolute Gasteiger partial charge is 0.496 e. The van der Waals surface area contributed by atoms with Gasteiger partial charge in [0.05, 0.1) is 39.9 Å². The van der Waals surface area contributed by atoms with Crippen LogP contribution in [0.4, 0.5) is 0 Å². The van der Waals surface area contributed by atoms with Crippen molar-refractivity contribution in [1.82, 2.24) is 0 Å². The number of benzene rings is 2. The van der Waals surface area contributed by atoms with E-state index in [0.29, 0.717) is 40.7 Å². The van der Waals surface area contributed by atoms with Crippen LogP contribution in [0.2, 0.25) is 0 Å². The fourth-order valence-electron chi connectivity index (χ4n) is 4.06. The molecule has 148 valence electrons. The van der Waals surface area contributed by atoms with Crippen LogP contribution in [0, 0.1) is 0 Å². The number of quaternary nitrogens is 1. The lowest BCUT2D eigenvalue weighted by molar-refractivity contribution is -0.698. The van der Waals surface area contributed by atoms with E-state index in [1.807, 2.05) is 6.07 Å². The molecule has 0 radical (unpaired) electrons. The van der Waals surface area contributed by atoms with Crippen LogP contribution in [0.25, 0.3) is 0 Å². The number of fused-ring (bicyclic) bond motifs is 2. The highest BCUT2D eigenvalue weighted by Gasteiger charge is 2.35. The SMILES string of the molecule is COc1cccc(OC)c1C(=O)CC1[NH2+]CCc2cc3c(c(OC)c21)OCO3. The van der Waals surface area contributed by atoms with Crippen molar-refractivity contribution >= 4 is 5.78 Å². The first-order chi connectivity index (χ1) is 13.7. The molecule has 2 aromatic rings. The maximum Gasteiger partial charge on any atom is 0.231 e. The van der Waals surface area contributed by atoms with Gasteiger partial charge in [-0.05, 0) is 23.8 Å². The van der Waals surface area contributed by atoms with Crippen molar-refractivity contribution in [3.05, 3.63) is 41.0 Å². The highest BCUT2D eigenvalue weighted by Crippen LogP contribution is 2.48. The van der Waals surface area contributed by atoms with Gasteiger partial charge in [0.25, 0.3) is 0 Å². The van der Waals surface area contributed by atoms with Crippen LogP contribution in [0.1, 0.15) is 33.9 Å². The minimum atomic E-state index is -0.0877. The van der Waals surface area contributed by atoms with E-state index in [0.717, 1.165) is 24.1 Å². The molecule has 28 heavy (non-hydrogen) atoms. The van der Waals surface area contributed by atoms with E-state index < -0.39 is 0 Å². The molecule has 0 saturated carbocycles. The van der Waals surface area contributed by atoms with Gasteiger partial charge < -0.3 is 29.0 Å². The summed E-state index contributed by atoms with van der Waals surface area (Å²) >= 11 is 0. The summed E-state index contributed by atoms with van der Waals surface area (Å²) in [6.45, 7) is 1.07. The van der Waals surface area contributed by atoms with E-state index >= 15 is 0 Å². The smallest absolute Gasteiger partial charge is 0.231 e. The summed E-state index contributed by atoms with van der Waals surface area (Å²) in [6.07, 6.45) is 1.17. The summed E-state index contributed by atoms with van der Waals surface area (Å²) in [5.74, 6) is 2.96. The molecule has 7 heteroatoms. The number of nitrogens with two attached hydrogens (primary N) is 1. The molecular formula is C21H24NO6+. The number of ketones is 1. The average molecular weight is 386 g/mol.